The number of amides is 1. The highest BCUT2D eigenvalue weighted by Crippen LogP contribution is 2.21. The Bertz CT molecular complexity index is 711. The van der Waals surface area contributed by atoms with Gasteiger partial charge in [0.05, 0.1) is 0 Å². The lowest BCUT2D eigenvalue weighted by Crippen LogP contribution is -2.21. The van der Waals surface area contributed by atoms with Gasteiger partial charge in [-0.15, -0.1) is 0 Å². The lowest BCUT2D eigenvalue weighted by atomic mass is 10.1. The molecule has 2 N–H and O–H groups in total. The molecule has 0 aliphatic carbocycles. The Morgan fingerprint density at radius 1 is 1.00 bits per heavy atom. The minimum absolute atomic E-state index is 0.196. The van der Waals surface area contributed by atoms with Crippen LogP contribution >= 0.6 is 0 Å². The SMILES string of the molecule is CC(Nc1ccc(NC(=O)C2=COCCO2)cc1)c1ccccc1. The van der Waals surface area contributed by atoms with Crippen LogP contribution in [-0.2, 0) is 14.3 Å². The maximum Gasteiger partial charge on any atom is 0.294 e. The maximum absolute atomic E-state index is 12.0. The fourth-order valence-corrected chi connectivity index (χ4v) is 2.40. The Hall–Kier alpha value is -2.95. The smallest absolute Gasteiger partial charge is 0.294 e. The monoisotopic (exact) mass is 324 g/mol. The van der Waals surface area contributed by atoms with Crippen LogP contribution in [0.3, 0.4) is 0 Å². The molecule has 1 atom stereocenters. The third kappa shape index (κ3) is 4.07. The van der Waals surface area contributed by atoms with Gasteiger partial charge in [0.2, 0.25) is 5.76 Å². The fraction of sp³-hybridized carbons (Fsp3) is 0.211. The van der Waals surface area contributed by atoms with Crippen LogP contribution in [-0.4, -0.2) is 19.1 Å². The van der Waals surface area contributed by atoms with Gasteiger partial charge >= 0.3 is 0 Å². The first kappa shape index (κ1) is 15.9. The molecule has 2 aromatic carbocycles. The molecule has 0 saturated heterocycles. The maximum atomic E-state index is 12.0. The molecule has 3 rings (SSSR count). The second-order valence-corrected chi connectivity index (χ2v) is 5.51. The highest BCUT2D eigenvalue weighted by atomic mass is 16.6. The van der Waals surface area contributed by atoms with E-state index in [2.05, 4.69) is 29.7 Å². The van der Waals surface area contributed by atoms with Crippen LogP contribution in [0.1, 0.15) is 18.5 Å². The summed E-state index contributed by atoms with van der Waals surface area (Å²) in [6.45, 7) is 2.97. The Labute approximate surface area is 141 Å². The van der Waals surface area contributed by atoms with Gasteiger partial charge in [0.25, 0.3) is 5.91 Å². The van der Waals surface area contributed by atoms with Gasteiger partial charge in [-0.05, 0) is 36.8 Å². The Morgan fingerprint density at radius 3 is 2.38 bits per heavy atom. The summed E-state index contributed by atoms with van der Waals surface area (Å²) in [5.74, 6) is -0.116. The molecule has 1 unspecified atom stereocenters. The summed E-state index contributed by atoms with van der Waals surface area (Å²) < 4.78 is 10.3. The Morgan fingerprint density at radius 2 is 1.71 bits per heavy atom. The van der Waals surface area contributed by atoms with E-state index in [4.69, 9.17) is 9.47 Å². The zero-order valence-corrected chi connectivity index (χ0v) is 13.5. The van der Waals surface area contributed by atoms with E-state index in [1.807, 2.05) is 42.5 Å². The molecule has 0 radical (unpaired) electrons. The first-order valence-electron chi connectivity index (χ1n) is 7.90. The summed E-state index contributed by atoms with van der Waals surface area (Å²) in [6, 6.07) is 18.0. The number of ether oxygens (including phenoxy) is 2. The van der Waals surface area contributed by atoms with Crippen LogP contribution in [0.5, 0.6) is 0 Å². The summed E-state index contributed by atoms with van der Waals surface area (Å²) in [6.07, 6.45) is 1.34. The van der Waals surface area contributed by atoms with E-state index in [1.54, 1.807) is 0 Å². The van der Waals surface area contributed by atoms with Gasteiger partial charge in [0.15, 0.2) is 0 Å². The van der Waals surface area contributed by atoms with Crippen molar-refractivity contribution in [3.8, 4) is 0 Å². The van der Waals surface area contributed by atoms with Gasteiger partial charge in [-0.1, -0.05) is 30.3 Å². The molecular formula is C19H20N2O3. The number of hydrogen-bond donors (Lipinski definition) is 2. The number of benzene rings is 2. The molecule has 5 nitrogen and oxygen atoms in total. The molecule has 0 aromatic heterocycles. The van der Waals surface area contributed by atoms with Crippen molar-refractivity contribution in [2.45, 2.75) is 13.0 Å². The van der Waals surface area contributed by atoms with E-state index in [1.165, 1.54) is 11.8 Å². The van der Waals surface area contributed by atoms with E-state index in [0.29, 0.717) is 18.9 Å². The van der Waals surface area contributed by atoms with E-state index in [0.717, 1.165) is 5.69 Å². The third-order valence-corrected chi connectivity index (χ3v) is 3.70. The number of carbonyl (C=O) groups is 1. The van der Waals surface area contributed by atoms with Crippen molar-refractivity contribution in [3.05, 3.63) is 72.2 Å². The van der Waals surface area contributed by atoms with Crippen LogP contribution in [0.25, 0.3) is 0 Å². The molecular weight excluding hydrogens is 304 g/mol. The number of rotatable bonds is 5. The van der Waals surface area contributed by atoms with E-state index in [9.17, 15) is 4.79 Å². The largest absolute Gasteiger partial charge is 0.494 e. The predicted molar refractivity (Wildman–Crippen MR) is 93.5 cm³/mol. The molecule has 0 fully saturated rings. The standard InChI is InChI=1S/C19H20N2O3/c1-14(15-5-3-2-4-6-15)20-16-7-9-17(10-8-16)21-19(22)18-13-23-11-12-24-18/h2-10,13-14,20H,11-12H2,1H3,(H,21,22). The highest BCUT2D eigenvalue weighted by molar-refractivity contribution is 6.02. The van der Waals surface area contributed by atoms with Crippen LogP contribution < -0.4 is 10.6 Å². The average molecular weight is 324 g/mol. The highest BCUT2D eigenvalue weighted by Gasteiger charge is 2.15. The minimum Gasteiger partial charge on any atom is -0.494 e. The topological polar surface area (TPSA) is 59.6 Å². The van der Waals surface area contributed by atoms with Crippen LogP contribution in [0, 0.1) is 0 Å². The zero-order chi connectivity index (χ0) is 16.8. The van der Waals surface area contributed by atoms with Crippen molar-refractivity contribution in [1.29, 1.82) is 0 Å². The van der Waals surface area contributed by atoms with Crippen LogP contribution in [0.15, 0.2) is 66.6 Å². The first-order valence-corrected chi connectivity index (χ1v) is 7.90. The molecule has 0 saturated carbocycles. The molecule has 2 aromatic rings. The van der Waals surface area contributed by atoms with Gasteiger partial charge in [-0.2, -0.15) is 0 Å². The minimum atomic E-state index is -0.312. The van der Waals surface area contributed by atoms with Gasteiger partial charge < -0.3 is 20.1 Å². The molecule has 24 heavy (non-hydrogen) atoms. The molecule has 1 amide bonds. The van der Waals surface area contributed by atoms with Crippen molar-refractivity contribution < 1.29 is 14.3 Å². The van der Waals surface area contributed by atoms with Gasteiger partial charge in [0, 0.05) is 17.4 Å². The quantitative estimate of drug-likeness (QED) is 0.881. The molecule has 1 heterocycles. The fourth-order valence-electron chi connectivity index (χ4n) is 2.40. The van der Waals surface area contributed by atoms with Gasteiger partial charge in [-0.3, -0.25) is 4.79 Å². The Kier molecular flexibility index (Phi) is 5.01. The summed E-state index contributed by atoms with van der Waals surface area (Å²) in [4.78, 5) is 12.0. The first-order chi connectivity index (χ1) is 11.7. The zero-order valence-electron chi connectivity index (χ0n) is 13.5. The lowest BCUT2D eigenvalue weighted by Gasteiger charge is -2.17. The number of carbonyl (C=O) groups excluding carboxylic acids is 1. The molecule has 5 heteroatoms. The summed E-state index contributed by atoms with van der Waals surface area (Å²) >= 11 is 0. The van der Waals surface area contributed by atoms with Crippen molar-refractivity contribution >= 4 is 17.3 Å². The van der Waals surface area contributed by atoms with Gasteiger partial charge in [-0.25, -0.2) is 0 Å². The van der Waals surface area contributed by atoms with Gasteiger partial charge in [0.1, 0.15) is 19.5 Å². The summed E-state index contributed by atoms with van der Waals surface area (Å²) in [5, 5.41) is 6.22. The number of nitrogens with one attached hydrogen (secondary N) is 2. The second-order valence-electron chi connectivity index (χ2n) is 5.51. The van der Waals surface area contributed by atoms with E-state index in [-0.39, 0.29) is 17.7 Å². The number of anilines is 2. The molecule has 0 bridgehead atoms. The van der Waals surface area contributed by atoms with Crippen LogP contribution in [0.2, 0.25) is 0 Å². The van der Waals surface area contributed by atoms with Crippen molar-refractivity contribution in [3.63, 3.8) is 0 Å². The lowest BCUT2D eigenvalue weighted by molar-refractivity contribution is -0.117. The van der Waals surface area contributed by atoms with Crippen molar-refractivity contribution in [2.75, 3.05) is 23.8 Å². The third-order valence-electron chi connectivity index (χ3n) is 3.70. The van der Waals surface area contributed by atoms with Crippen molar-refractivity contribution in [2.24, 2.45) is 0 Å². The Balaban J connectivity index is 1.59. The predicted octanol–water partition coefficient (Wildman–Crippen LogP) is 3.69. The van der Waals surface area contributed by atoms with E-state index >= 15 is 0 Å². The summed E-state index contributed by atoms with van der Waals surface area (Å²) in [5.41, 5.74) is 2.91. The normalized spacial score (nSPS) is 14.6. The molecule has 124 valence electrons. The molecule has 1 aliphatic rings. The number of hydrogen-bond acceptors (Lipinski definition) is 4. The molecule has 1 aliphatic heterocycles. The average Bonchev–Trinajstić information content (AvgIpc) is 2.65. The summed E-state index contributed by atoms with van der Waals surface area (Å²) in [7, 11) is 0. The second kappa shape index (κ2) is 7.55. The van der Waals surface area contributed by atoms with Crippen molar-refractivity contribution in [1.82, 2.24) is 0 Å². The molecule has 0 spiro atoms. The van der Waals surface area contributed by atoms with Crippen LogP contribution in [0.4, 0.5) is 11.4 Å². The van der Waals surface area contributed by atoms with E-state index < -0.39 is 0 Å².